The second-order valence-corrected chi connectivity index (χ2v) is 7.98. The molecule has 1 aromatic heterocycles. The third kappa shape index (κ3) is 3.37. The van der Waals surface area contributed by atoms with E-state index in [1.165, 1.54) is 12.3 Å². The molecule has 0 saturated heterocycles. The van der Waals surface area contributed by atoms with Crippen molar-refractivity contribution in [2.75, 3.05) is 5.32 Å². The van der Waals surface area contributed by atoms with Crippen LogP contribution in [0.3, 0.4) is 0 Å². The van der Waals surface area contributed by atoms with Gasteiger partial charge in [-0.2, -0.15) is 0 Å². The van der Waals surface area contributed by atoms with Crippen LogP contribution in [0.2, 0.25) is 0 Å². The number of halogens is 1. The van der Waals surface area contributed by atoms with E-state index in [1.54, 1.807) is 24.3 Å². The maximum Gasteiger partial charge on any atom is 0.261 e. The van der Waals surface area contributed by atoms with Crippen molar-refractivity contribution in [1.29, 1.82) is 0 Å². The van der Waals surface area contributed by atoms with Gasteiger partial charge in [0, 0.05) is 33.2 Å². The summed E-state index contributed by atoms with van der Waals surface area (Å²) in [6, 6.07) is 10.3. The lowest BCUT2D eigenvalue weighted by molar-refractivity contribution is 0.102. The molecule has 0 saturated carbocycles. The predicted octanol–water partition coefficient (Wildman–Crippen LogP) is 4.55. The van der Waals surface area contributed by atoms with Crippen molar-refractivity contribution in [3.05, 3.63) is 68.4 Å². The molecule has 0 atom stereocenters. The molecule has 0 aliphatic carbocycles. The van der Waals surface area contributed by atoms with Crippen LogP contribution in [0.5, 0.6) is 5.75 Å². The first-order valence-electron chi connectivity index (χ1n) is 8.13. The number of aromatic amines is 1. The molecule has 3 N–H and O–H groups in total. The number of hydrogen-bond donors (Lipinski definition) is 3. The summed E-state index contributed by atoms with van der Waals surface area (Å²) in [4.78, 5) is 28.1. The van der Waals surface area contributed by atoms with Crippen LogP contribution in [0.4, 0.5) is 5.69 Å². The number of fused-ring (bicyclic) bond motifs is 1. The van der Waals surface area contributed by atoms with Crippen molar-refractivity contribution < 1.29 is 9.90 Å². The SMILES string of the molecule is CC(C)(C)c1cc(Br)c(NC(=O)c2c[nH]c3ccccc3c2=O)cc1O. The Kier molecular flexibility index (Phi) is 4.63. The second-order valence-electron chi connectivity index (χ2n) is 7.13. The predicted molar refractivity (Wildman–Crippen MR) is 107 cm³/mol. The number of anilines is 1. The lowest BCUT2D eigenvalue weighted by Crippen LogP contribution is -2.22. The van der Waals surface area contributed by atoms with Gasteiger partial charge in [0.15, 0.2) is 0 Å². The van der Waals surface area contributed by atoms with E-state index in [9.17, 15) is 14.7 Å². The first-order chi connectivity index (χ1) is 12.2. The topological polar surface area (TPSA) is 82.2 Å². The molecule has 2 aromatic carbocycles. The molecule has 0 fully saturated rings. The number of pyridine rings is 1. The van der Waals surface area contributed by atoms with Gasteiger partial charge in [-0.25, -0.2) is 0 Å². The van der Waals surface area contributed by atoms with Crippen LogP contribution in [0.1, 0.15) is 36.7 Å². The molecule has 0 unspecified atom stereocenters. The lowest BCUT2D eigenvalue weighted by atomic mass is 9.86. The third-order valence-corrected chi connectivity index (χ3v) is 4.83. The number of phenolic OH excluding ortho intramolecular Hbond substituents is 1. The first-order valence-corrected chi connectivity index (χ1v) is 8.92. The maximum atomic E-state index is 12.6. The van der Waals surface area contributed by atoms with Crippen molar-refractivity contribution in [3.63, 3.8) is 0 Å². The Labute approximate surface area is 159 Å². The van der Waals surface area contributed by atoms with Crippen LogP contribution in [0, 0.1) is 0 Å². The zero-order valence-corrected chi connectivity index (χ0v) is 16.3. The molecule has 1 heterocycles. The Morgan fingerprint density at radius 1 is 1.19 bits per heavy atom. The van der Waals surface area contributed by atoms with Gasteiger partial charge in [-0.15, -0.1) is 0 Å². The molecule has 5 nitrogen and oxygen atoms in total. The van der Waals surface area contributed by atoms with E-state index in [2.05, 4.69) is 26.2 Å². The minimum Gasteiger partial charge on any atom is -0.508 e. The number of aromatic nitrogens is 1. The largest absolute Gasteiger partial charge is 0.508 e. The quantitative estimate of drug-likeness (QED) is 0.575. The maximum absolute atomic E-state index is 12.6. The highest BCUT2D eigenvalue weighted by Crippen LogP contribution is 2.37. The van der Waals surface area contributed by atoms with Crippen LogP contribution in [0.15, 0.2) is 51.9 Å². The molecular formula is C20H19BrN2O3. The van der Waals surface area contributed by atoms with Gasteiger partial charge in [0.05, 0.1) is 5.69 Å². The van der Waals surface area contributed by atoms with Crippen molar-refractivity contribution in [2.45, 2.75) is 26.2 Å². The number of carbonyl (C=O) groups is 1. The number of H-pyrrole nitrogens is 1. The molecule has 3 rings (SSSR count). The highest BCUT2D eigenvalue weighted by molar-refractivity contribution is 9.10. The third-order valence-electron chi connectivity index (χ3n) is 4.17. The van der Waals surface area contributed by atoms with Gasteiger partial charge in [-0.1, -0.05) is 32.9 Å². The van der Waals surface area contributed by atoms with E-state index in [0.717, 1.165) is 5.56 Å². The van der Waals surface area contributed by atoms with Crippen LogP contribution in [-0.2, 0) is 5.41 Å². The molecule has 0 bridgehead atoms. The summed E-state index contributed by atoms with van der Waals surface area (Å²) in [6.07, 6.45) is 1.40. The van der Waals surface area contributed by atoms with Crippen LogP contribution >= 0.6 is 15.9 Å². The number of nitrogens with one attached hydrogen (secondary N) is 2. The van der Waals surface area contributed by atoms with E-state index >= 15 is 0 Å². The number of benzene rings is 2. The van der Waals surface area contributed by atoms with Crippen molar-refractivity contribution in [3.8, 4) is 5.75 Å². The van der Waals surface area contributed by atoms with E-state index in [4.69, 9.17) is 0 Å². The number of para-hydroxylation sites is 1. The minimum atomic E-state index is -0.541. The van der Waals surface area contributed by atoms with Crippen molar-refractivity contribution in [1.82, 2.24) is 4.98 Å². The summed E-state index contributed by atoms with van der Waals surface area (Å²) in [6.45, 7) is 5.96. The molecule has 26 heavy (non-hydrogen) atoms. The van der Waals surface area contributed by atoms with E-state index in [-0.39, 0.29) is 22.2 Å². The number of carbonyl (C=O) groups excluding carboxylic acids is 1. The van der Waals surface area contributed by atoms with Gasteiger partial charge >= 0.3 is 0 Å². The Balaban J connectivity index is 1.98. The summed E-state index contributed by atoms with van der Waals surface area (Å²) in [7, 11) is 0. The molecule has 134 valence electrons. The monoisotopic (exact) mass is 414 g/mol. The fourth-order valence-corrected chi connectivity index (χ4v) is 3.23. The molecule has 1 amide bonds. The number of aromatic hydroxyl groups is 1. The molecule has 0 aliphatic rings. The summed E-state index contributed by atoms with van der Waals surface area (Å²) < 4.78 is 0.630. The van der Waals surface area contributed by atoms with Crippen LogP contribution in [0.25, 0.3) is 10.9 Å². The van der Waals surface area contributed by atoms with Gasteiger partial charge in [0.2, 0.25) is 5.43 Å². The zero-order valence-electron chi connectivity index (χ0n) is 14.7. The number of amides is 1. The van der Waals surface area contributed by atoms with Gasteiger partial charge in [-0.3, -0.25) is 9.59 Å². The summed E-state index contributed by atoms with van der Waals surface area (Å²) >= 11 is 3.42. The molecule has 0 aliphatic heterocycles. The highest BCUT2D eigenvalue weighted by atomic mass is 79.9. The van der Waals surface area contributed by atoms with Crippen LogP contribution < -0.4 is 10.7 Å². The summed E-state index contributed by atoms with van der Waals surface area (Å²) in [5.74, 6) is -0.455. The van der Waals surface area contributed by atoms with Gasteiger partial charge in [0.25, 0.3) is 5.91 Å². The summed E-state index contributed by atoms with van der Waals surface area (Å²) in [5.41, 5.74) is 1.24. The minimum absolute atomic E-state index is 0.00925. The van der Waals surface area contributed by atoms with Crippen molar-refractivity contribution in [2.24, 2.45) is 0 Å². The van der Waals surface area contributed by atoms with Gasteiger partial charge in [-0.05, 0) is 39.5 Å². The Morgan fingerprint density at radius 3 is 2.58 bits per heavy atom. The van der Waals surface area contributed by atoms with E-state index in [1.807, 2.05) is 26.8 Å². The molecule has 3 aromatic rings. The fourth-order valence-electron chi connectivity index (χ4n) is 2.78. The van der Waals surface area contributed by atoms with E-state index in [0.29, 0.717) is 21.1 Å². The van der Waals surface area contributed by atoms with Crippen molar-refractivity contribution >= 4 is 38.4 Å². The second kappa shape index (κ2) is 6.61. The van der Waals surface area contributed by atoms with Gasteiger partial charge < -0.3 is 15.4 Å². The standard InChI is InChI=1S/C20H19BrN2O3/c1-20(2,3)13-8-14(21)16(9-17(13)24)23-19(26)12-10-22-15-7-5-4-6-11(15)18(12)25/h4-10,24H,1-3H3,(H,22,25)(H,23,26). The first kappa shape index (κ1) is 18.2. The zero-order chi connectivity index (χ0) is 19.1. The van der Waals surface area contributed by atoms with Gasteiger partial charge in [0.1, 0.15) is 11.3 Å². The number of hydrogen-bond acceptors (Lipinski definition) is 3. The Bertz CT molecular complexity index is 1060. The number of phenols is 1. The smallest absolute Gasteiger partial charge is 0.261 e. The molecule has 0 spiro atoms. The fraction of sp³-hybridized carbons (Fsp3) is 0.200. The normalized spacial score (nSPS) is 11.5. The van der Waals surface area contributed by atoms with E-state index < -0.39 is 5.91 Å². The average Bonchev–Trinajstić information content (AvgIpc) is 2.57. The lowest BCUT2D eigenvalue weighted by Gasteiger charge is -2.22. The van der Waals surface area contributed by atoms with Crippen LogP contribution in [-0.4, -0.2) is 16.0 Å². The Morgan fingerprint density at radius 2 is 1.88 bits per heavy atom. The Hall–Kier alpha value is -2.60. The number of rotatable bonds is 2. The summed E-state index contributed by atoms with van der Waals surface area (Å²) in [5, 5.41) is 13.4. The molecule has 6 heteroatoms. The average molecular weight is 415 g/mol. The molecule has 0 radical (unpaired) electrons. The highest BCUT2D eigenvalue weighted by Gasteiger charge is 2.21. The molecular weight excluding hydrogens is 396 g/mol.